The average molecular weight is 519 g/mol. The number of anilines is 1. The highest BCUT2D eigenvalue weighted by Gasteiger charge is 2.23. The number of ether oxygens (including phenoxy) is 1. The molecule has 0 spiro atoms. The monoisotopic (exact) mass is 518 g/mol. The van der Waals surface area contributed by atoms with Gasteiger partial charge in [0.05, 0.1) is 11.8 Å². The Morgan fingerprint density at radius 2 is 1.83 bits per heavy atom. The zero-order chi connectivity index (χ0) is 25.0. The molecule has 9 nitrogen and oxygen atoms in total. The van der Waals surface area contributed by atoms with Crippen molar-refractivity contribution in [3.05, 3.63) is 64.9 Å². The summed E-state index contributed by atoms with van der Waals surface area (Å²) in [5.74, 6) is 0.956. The molecule has 35 heavy (non-hydrogen) atoms. The van der Waals surface area contributed by atoms with Crippen LogP contribution in [-0.2, 0) is 22.3 Å². The molecule has 1 aliphatic heterocycles. The second kappa shape index (κ2) is 10.9. The summed E-state index contributed by atoms with van der Waals surface area (Å²) < 4.78 is 36.0. The fraction of sp³-hybridized carbons (Fsp3) is 0.417. The molecule has 0 bridgehead atoms. The van der Waals surface area contributed by atoms with Crippen LogP contribution in [0.5, 0.6) is 11.8 Å². The Hall–Kier alpha value is -2.66. The van der Waals surface area contributed by atoms with Crippen LogP contribution in [-0.4, -0.2) is 61.3 Å². The van der Waals surface area contributed by atoms with E-state index in [0.717, 1.165) is 31.9 Å². The number of halogens is 1. The van der Waals surface area contributed by atoms with Gasteiger partial charge in [-0.1, -0.05) is 34.9 Å². The molecule has 1 N–H and O–H groups in total. The summed E-state index contributed by atoms with van der Waals surface area (Å²) in [7, 11) is -1.51. The van der Waals surface area contributed by atoms with E-state index in [2.05, 4.69) is 37.8 Å². The first-order valence-electron chi connectivity index (χ1n) is 11.6. The number of nitrogens with one attached hydrogen (secondary N) is 1. The summed E-state index contributed by atoms with van der Waals surface area (Å²) in [6.45, 7) is 8.16. The SMILES string of the molecule is CCn1c(Oc2cccc(N3CCN(C)CC3)c2)nnc1[C@@H](C)NS(=O)(=O)Cc1cccc(Cl)c1. The number of benzene rings is 2. The lowest BCUT2D eigenvalue weighted by Gasteiger charge is -2.34. The van der Waals surface area contributed by atoms with Gasteiger partial charge in [0.1, 0.15) is 5.75 Å². The molecule has 188 valence electrons. The van der Waals surface area contributed by atoms with Crippen LogP contribution < -0.4 is 14.4 Å². The summed E-state index contributed by atoms with van der Waals surface area (Å²) in [5, 5.41) is 8.93. The van der Waals surface area contributed by atoms with Crippen molar-refractivity contribution in [2.24, 2.45) is 0 Å². The Kier molecular flexibility index (Phi) is 7.95. The predicted octanol–water partition coefficient (Wildman–Crippen LogP) is 3.68. The summed E-state index contributed by atoms with van der Waals surface area (Å²) in [4.78, 5) is 4.64. The summed E-state index contributed by atoms with van der Waals surface area (Å²) >= 11 is 5.99. The maximum atomic E-state index is 12.7. The molecule has 1 aliphatic rings. The number of hydrogen-bond acceptors (Lipinski definition) is 7. The summed E-state index contributed by atoms with van der Waals surface area (Å²) in [6.07, 6.45) is 0. The molecule has 1 saturated heterocycles. The highest BCUT2D eigenvalue weighted by molar-refractivity contribution is 7.88. The van der Waals surface area contributed by atoms with Crippen molar-refractivity contribution < 1.29 is 13.2 Å². The third kappa shape index (κ3) is 6.52. The molecule has 3 aromatic rings. The van der Waals surface area contributed by atoms with E-state index < -0.39 is 16.1 Å². The van der Waals surface area contributed by atoms with Crippen molar-refractivity contribution in [3.63, 3.8) is 0 Å². The van der Waals surface area contributed by atoms with Crippen molar-refractivity contribution in [2.45, 2.75) is 32.2 Å². The first kappa shape index (κ1) is 25.4. The van der Waals surface area contributed by atoms with Gasteiger partial charge in [0.25, 0.3) is 0 Å². The van der Waals surface area contributed by atoms with E-state index in [0.29, 0.717) is 34.7 Å². The molecule has 2 aromatic carbocycles. The van der Waals surface area contributed by atoms with Gasteiger partial charge in [-0.2, -0.15) is 0 Å². The highest BCUT2D eigenvalue weighted by atomic mass is 35.5. The number of rotatable bonds is 9. The largest absolute Gasteiger partial charge is 0.424 e. The van der Waals surface area contributed by atoms with E-state index in [4.69, 9.17) is 16.3 Å². The molecule has 2 heterocycles. The van der Waals surface area contributed by atoms with Gasteiger partial charge in [-0.15, -0.1) is 5.10 Å². The number of hydrogen-bond donors (Lipinski definition) is 1. The Morgan fingerprint density at radius 3 is 2.54 bits per heavy atom. The molecular weight excluding hydrogens is 488 g/mol. The predicted molar refractivity (Wildman–Crippen MR) is 138 cm³/mol. The average Bonchev–Trinajstić information content (AvgIpc) is 3.21. The van der Waals surface area contributed by atoms with Crippen LogP contribution >= 0.6 is 11.6 Å². The quantitative estimate of drug-likeness (QED) is 0.462. The normalized spacial score (nSPS) is 15.8. The number of sulfonamides is 1. The van der Waals surface area contributed by atoms with Gasteiger partial charge >= 0.3 is 6.01 Å². The van der Waals surface area contributed by atoms with Crippen LogP contribution in [0.2, 0.25) is 5.02 Å². The highest BCUT2D eigenvalue weighted by Crippen LogP contribution is 2.27. The molecule has 0 amide bonds. The van der Waals surface area contributed by atoms with Crippen LogP contribution in [0.15, 0.2) is 48.5 Å². The zero-order valence-electron chi connectivity index (χ0n) is 20.2. The van der Waals surface area contributed by atoms with Crippen molar-refractivity contribution in [3.8, 4) is 11.8 Å². The van der Waals surface area contributed by atoms with E-state index >= 15 is 0 Å². The lowest BCUT2D eigenvalue weighted by atomic mass is 10.2. The maximum absolute atomic E-state index is 12.7. The number of aromatic nitrogens is 3. The molecule has 0 radical (unpaired) electrons. The van der Waals surface area contributed by atoms with Crippen LogP contribution in [0.1, 0.15) is 31.3 Å². The molecule has 4 rings (SSSR count). The van der Waals surface area contributed by atoms with Crippen molar-refractivity contribution >= 4 is 27.3 Å². The molecule has 0 unspecified atom stereocenters. The minimum atomic E-state index is -3.63. The second-order valence-electron chi connectivity index (χ2n) is 8.70. The third-order valence-electron chi connectivity index (χ3n) is 5.95. The topological polar surface area (TPSA) is 92.6 Å². The van der Waals surface area contributed by atoms with E-state index in [9.17, 15) is 8.42 Å². The van der Waals surface area contributed by atoms with Crippen molar-refractivity contribution in [1.82, 2.24) is 24.4 Å². The smallest absolute Gasteiger partial charge is 0.322 e. The number of likely N-dealkylation sites (N-methyl/N-ethyl adjacent to an activating group) is 1. The van der Waals surface area contributed by atoms with E-state index in [-0.39, 0.29) is 5.75 Å². The molecule has 1 atom stereocenters. The molecule has 11 heteroatoms. The molecule has 1 aromatic heterocycles. The van der Waals surface area contributed by atoms with Gasteiger partial charge in [0.15, 0.2) is 5.82 Å². The standard InChI is InChI=1S/C24H31ClN6O3S/c1-4-31-23(18(2)28-35(32,33)17-19-7-5-8-20(25)15-19)26-27-24(31)34-22-10-6-9-21(16-22)30-13-11-29(3)12-14-30/h5-10,15-16,18,28H,4,11-14,17H2,1-3H3/t18-/m1/s1. The summed E-state index contributed by atoms with van der Waals surface area (Å²) in [5.41, 5.74) is 1.71. The van der Waals surface area contributed by atoms with Crippen LogP contribution in [0.4, 0.5) is 5.69 Å². The lowest BCUT2D eigenvalue weighted by molar-refractivity contribution is 0.312. The fourth-order valence-corrected chi connectivity index (χ4v) is 5.68. The molecule has 0 saturated carbocycles. The van der Waals surface area contributed by atoms with Gasteiger partial charge in [0.2, 0.25) is 10.0 Å². The minimum absolute atomic E-state index is 0.180. The van der Waals surface area contributed by atoms with Gasteiger partial charge in [0, 0.05) is 49.5 Å². The van der Waals surface area contributed by atoms with Crippen LogP contribution in [0, 0.1) is 0 Å². The first-order chi connectivity index (χ1) is 16.7. The Bertz CT molecular complexity index is 1260. The minimum Gasteiger partial charge on any atom is -0.424 e. The number of nitrogens with zero attached hydrogens (tertiary/aromatic N) is 5. The second-order valence-corrected chi connectivity index (χ2v) is 10.9. The molecule has 1 fully saturated rings. The van der Waals surface area contributed by atoms with Crippen molar-refractivity contribution in [1.29, 1.82) is 0 Å². The van der Waals surface area contributed by atoms with Crippen molar-refractivity contribution in [2.75, 3.05) is 38.1 Å². The lowest BCUT2D eigenvalue weighted by Crippen LogP contribution is -2.44. The van der Waals surface area contributed by atoms with Crippen LogP contribution in [0.3, 0.4) is 0 Å². The van der Waals surface area contributed by atoms with Gasteiger partial charge in [-0.3, -0.25) is 4.57 Å². The van der Waals surface area contributed by atoms with Gasteiger partial charge in [-0.05, 0) is 50.7 Å². The van der Waals surface area contributed by atoms with E-state index in [1.807, 2.05) is 25.1 Å². The van der Waals surface area contributed by atoms with E-state index in [1.165, 1.54) is 0 Å². The Balaban J connectivity index is 1.46. The van der Waals surface area contributed by atoms with Crippen LogP contribution in [0.25, 0.3) is 0 Å². The van der Waals surface area contributed by atoms with Gasteiger partial charge < -0.3 is 14.5 Å². The first-order valence-corrected chi connectivity index (χ1v) is 13.7. The summed E-state index contributed by atoms with van der Waals surface area (Å²) in [6, 6.07) is 14.4. The number of piperazine rings is 1. The fourth-order valence-electron chi connectivity index (χ4n) is 4.12. The Morgan fingerprint density at radius 1 is 1.09 bits per heavy atom. The van der Waals surface area contributed by atoms with Gasteiger partial charge in [-0.25, -0.2) is 13.1 Å². The molecule has 0 aliphatic carbocycles. The Labute approximate surface area is 211 Å². The molecular formula is C24H31ClN6O3S. The van der Waals surface area contributed by atoms with E-state index in [1.54, 1.807) is 35.8 Å². The zero-order valence-corrected chi connectivity index (χ0v) is 21.8. The maximum Gasteiger partial charge on any atom is 0.322 e. The third-order valence-corrected chi connectivity index (χ3v) is 7.61.